The van der Waals surface area contributed by atoms with Crippen LogP contribution < -0.4 is 5.56 Å². The predicted molar refractivity (Wildman–Crippen MR) is 84.1 cm³/mol. The summed E-state index contributed by atoms with van der Waals surface area (Å²) in [7, 11) is 0. The van der Waals surface area contributed by atoms with Crippen LogP contribution in [-0.2, 0) is 13.0 Å². The second-order valence-corrected chi connectivity index (χ2v) is 5.21. The molecule has 0 saturated heterocycles. The minimum atomic E-state index is -0.184. The fraction of sp³-hybridized carbons (Fsp3) is 0.133. The molecular weight excluding hydrogens is 298 g/mol. The van der Waals surface area contributed by atoms with E-state index in [4.69, 9.17) is 12.2 Å². The van der Waals surface area contributed by atoms with Crippen LogP contribution in [0, 0.1) is 4.77 Å². The monoisotopic (exact) mass is 311 g/mol. The first kappa shape index (κ1) is 14.3. The highest BCUT2D eigenvalue weighted by atomic mass is 32.1. The van der Waals surface area contributed by atoms with E-state index in [-0.39, 0.29) is 5.56 Å². The first-order valence-corrected chi connectivity index (χ1v) is 7.08. The van der Waals surface area contributed by atoms with Gasteiger partial charge in [0.25, 0.3) is 5.56 Å². The number of aromatic amines is 1. The van der Waals surface area contributed by atoms with Crippen molar-refractivity contribution in [3.63, 3.8) is 0 Å². The summed E-state index contributed by atoms with van der Waals surface area (Å²) < 4.78 is 2.22. The summed E-state index contributed by atoms with van der Waals surface area (Å²) in [5, 5.41) is 0. The Kier molecular flexibility index (Phi) is 4.15. The molecule has 3 heterocycles. The van der Waals surface area contributed by atoms with Gasteiger partial charge in [-0.2, -0.15) is 0 Å². The van der Waals surface area contributed by atoms with E-state index in [1.807, 2.05) is 16.7 Å². The van der Waals surface area contributed by atoms with Crippen molar-refractivity contribution in [3.8, 4) is 0 Å². The minimum Gasteiger partial charge on any atom is -0.320 e. The number of hydrogen-bond acceptors (Lipinski definition) is 5. The van der Waals surface area contributed by atoms with Crippen LogP contribution in [0.3, 0.4) is 0 Å². The molecule has 110 valence electrons. The Balaban J connectivity index is 1.93. The van der Waals surface area contributed by atoms with Gasteiger partial charge in [-0.3, -0.25) is 14.8 Å². The summed E-state index contributed by atoms with van der Waals surface area (Å²) in [6.45, 7) is 0.557. The topological polar surface area (TPSA) is 76.5 Å². The summed E-state index contributed by atoms with van der Waals surface area (Å²) >= 11 is 5.23. The first-order chi connectivity index (χ1) is 10.7. The smallest absolute Gasteiger partial charge is 0.255 e. The number of pyridine rings is 1. The second kappa shape index (κ2) is 6.40. The Morgan fingerprint density at radius 2 is 1.91 bits per heavy atom. The lowest BCUT2D eigenvalue weighted by molar-refractivity contribution is 0.730. The number of rotatable bonds is 4. The van der Waals surface area contributed by atoms with Crippen molar-refractivity contribution in [1.82, 2.24) is 24.5 Å². The summed E-state index contributed by atoms with van der Waals surface area (Å²) in [4.78, 5) is 26.8. The Morgan fingerprint density at radius 3 is 2.64 bits per heavy atom. The molecule has 0 fully saturated rings. The molecule has 0 atom stereocenters. The molecule has 7 heteroatoms. The Morgan fingerprint density at radius 1 is 1.14 bits per heavy atom. The van der Waals surface area contributed by atoms with Crippen molar-refractivity contribution in [2.45, 2.75) is 13.0 Å². The van der Waals surface area contributed by atoms with Gasteiger partial charge < -0.3 is 4.57 Å². The van der Waals surface area contributed by atoms with E-state index in [1.54, 1.807) is 31.0 Å². The Labute approximate surface area is 131 Å². The van der Waals surface area contributed by atoms with Crippen LogP contribution in [0.25, 0.3) is 0 Å². The number of H-pyrrole nitrogens is 1. The van der Waals surface area contributed by atoms with Gasteiger partial charge >= 0.3 is 0 Å². The van der Waals surface area contributed by atoms with Gasteiger partial charge in [-0.15, -0.1) is 0 Å². The molecule has 3 rings (SSSR count). The molecule has 0 bridgehead atoms. The van der Waals surface area contributed by atoms with E-state index in [2.05, 4.69) is 19.9 Å². The van der Waals surface area contributed by atoms with Gasteiger partial charge in [-0.05, 0) is 29.4 Å². The first-order valence-electron chi connectivity index (χ1n) is 6.68. The summed E-state index contributed by atoms with van der Waals surface area (Å²) in [6.07, 6.45) is 10.6. The quantitative estimate of drug-likeness (QED) is 0.743. The molecule has 0 spiro atoms. The van der Waals surface area contributed by atoms with Gasteiger partial charge in [0.2, 0.25) is 0 Å². The molecule has 0 aliphatic rings. The minimum absolute atomic E-state index is 0.184. The lowest BCUT2D eigenvalue weighted by Crippen LogP contribution is -2.19. The number of nitrogens with one attached hydrogen (secondary N) is 1. The summed E-state index contributed by atoms with van der Waals surface area (Å²) in [5.41, 5.74) is 2.32. The van der Waals surface area contributed by atoms with E-state index < -0.39 is 0 Å². The van der Waals surface area contributed by atoms with Crippen LogP contribution in [0.15, 0.2) is 54.2 Å². The van der Waals surface area contributed by atoms with Crippen molar-refractivity contribution in [3.05, 3.63) is 81.3 Å². The third-order valence-electron chi connectivity index (χ3n) is 3.17. The maximum Gasteiger partial charge on any atom is 0.255 e. The average Bonchev–Trinajstić information content (AvgIpc) is 2.54. The fourth-order valence-electron chi connectivity index (χ4n) is 2.13. The molecule has 0 amide bonds. The molecule has 0 saturated carbocycles. The van der Waals surface area contributed by atoms with Gasteiger partial charge in [0.05, 0.1) is 6.54 Å². The maximum atomic E-state index is 12.1. The zero-order chi connectivity index (χ0) is 15.4. The second-order valence-electron chi connectivity index (χ2n) is 4.83. The van der Waals surface area contributed by atoms with E-state index in [9.17, 15) is 4.79 Å². The van der Waals surface area contributed by atoms with Gasteiger partial charge in [-0.1, -0.05) is 6.07 Å². The Hall–Kier alpha value is -2.67. The van der Waals surface area contributed by atoms with Gasteiger partial charge in [0.1, 0.15) is 6.33 Å². The lowest BCUT2D eigenvalue weighted by atomic mass is 10.1. The van der Waals surface area contributed by atoms with E-state index in [0.717, 1.165) is 11.1 Å². The average molecular weight is 311 g/mol. The van der Waals surface area contributed by atoms with Crippen LogP contribution in [0.2, 0.25) is 0 Å². The fourth-order valence-corrected chi connectivity index (χ4v) is 2.34. The van der Waals surface area contributed by atoms with Crippen LogP contribution in [0.4, 0.5) is 0 Å². The zero-order valence-electron chi connectivity index (χ0n) is 11.6. The SMILES string of the molecule is O=c1[nH]c(=S)n(Cc2cccnc2)cc1Cc1cncnc1. The van der Waals surface area contributed by atoms with Crippen molar-refractivity contribution < 1.29 is 0 Å². The van der Waals surface area contributed by atoms with Crippen LogP contribution in [0.1, 0.15) is 16.7 Å². The standard InChI is InChI=1S/C15H13N5OS/c21-14-13(4-12-6-17-10-18-7-12)9-20(15(22)19-14)8-11-2-1-3-16-5-11/h1-3,5-7,9-10H,4,8H2,(H,19,21,22). The third kappa shape index (κ3) is 3.32. The molecule has 0 aromatic carbocycles. The summed E-state index contributed by atoms with van der Waals surface area (Å²) in [6, 6.07) is 3.83. The Bertz CT molecular complexity index is 803. The van der Waals surface area contributed by atoms with Gasteiger partial charge in [-0.25, -0.2) is 9.97 Å². The molecule has 0 aliphatic heterocycles. The van der Waals surface area contributed by atoms with E-state index in [0.29, 0.717) is 23.3 Å². The largest absolute Gasteiger partial charge is 0.320 e. The zero-order valence-corrected chi connectivity index (χ0v) is 12.5. The molecular formula is C15H13N5OS. The van der Waals surface area contributed by atoms with Crippen molar-refractivity contribution >= 4 is 12.2 Å². The molecule has 0 unspecified atom stereocenters. The molecule has 22 heavy (non-hydrogen) atoms. The van der Waals surface area contributed by atoms with E-state index >= 15 is 0 Å². The molecule has 1 N–H and O–H groups in total. The third-order valence-corrected chi connectivity index (χ3v) is 3.51. The van der Waals surface area contributed by atoms with Crippen molar-refractivity contribution in [2.75, 3.05) is 0 Å². The van der Waals surface area contributed by atoms with Crippen LogP contribution in [-0.4, -0.2) is 24.5 Å². The van der Waals surface area contributed by atoms with Crippen LogP contribution >= 0.6 is 12.2 Å². The predicted octanol–water partition coefficient (Wildman–Crippen LogP) is 1.73. The number of aromatic nitrogens is 5. The summed E-state index contributed by atoms with van der Waals surface area (Å²) in [5.74, 6) is 0. The molecule has 3 aromatic heterocycles. The molecule has 3 aromatic rings. The normalized spacial score (nSPS) is 10.5. The van der Waals surface area contributed by atoms with Gasteiger partial charge in [0, 0.05) is 43.0 Å². The highest BCUT2D eigenvalue weighted by molar-refractivity contribution is 7.71. The number of nitrogens with zero attached hydrogens (tertiary/aromatic N) is 4. The number of hydrogen-bond donors (Lipinski definition) is 1. The highest BCUT2D eigenvalue weighted by Gasteiger charge is 2.05. The molecule has 0 radical (unpaired) electrons. The highest BCUT2D eigenvalue weighted by Crippen LogP contribution is 2.05. The maximum absolute atomic E-state index is 12.1. The van der Waals surface area contributed by atoms with Crippen molar-refractivity contribution in [2.24, 2.45) is 0 Å². The van der Waals surface area contributed by atoms with Crippen molar-refractivity contribution in [1.29, 1.82) is 0 Å². The molecule has 6 nitrogen and oxygen atoms in total. The molecule has 0 aliphatic carbocycles. The van der Waals surface area contributed by atoms with Crippen LogP contribution in [0.5, 0.6) is 0 Å². The van der Waals surface area contributed by atoms with Gasteiger partial charge in [0.15, 0.2) is 4.77 Å². The lowest BCUT2D eigenvalue weighted by Gasteiger charge is -2.09. The van der Waals surface area contributed by atoms with E-state index in [1.165, 1.54) is 6.33 Å².